The standard InChI is InChI=1S/C53H102O6/c1-7-49(6)41-35-29-23-16-13-14-17-24-30-36-42-51(54)57-45-50(46-58-52(55)43-37-31-25-20-19-22-28-34-40-48(4)5)59-53(56)44-38-32-26-18-12-10-8-9-11-15-21-27-33-39-47(2)3/h47-50H,7-46H2,1-6H3/t49?,50-/m1/s1. The minimum atomic E-state index is -0.763. The van der Waals surface area contributed by atoms with Gasteiger partial charge in [-0.3, -0.25) is 14.4 Å². The summed E-state index contributed by atoms with van der Waals surface area (Å²) in [5.74, 6) is 1.65. The molecule has 6 nitrogen and oxygen atoms in total. The molecule has 0 fully saturated rings. The second-order valence-electron chi connectivity index (χ2n) is 19.4. The van der Waals surface area contributed by atoms with Crippen LogP contribution >= 0.6 is 0 Å². The first-order valence-electron chi connectivity index (χ1n) is 26.1. The van der Waals surface area contributed by atoms with E-state index in [1.165, 1.54) is 167 Å². The number of hydrogen-bond acceptors (Lipinski definition) is 6. The molecule has 0 aromatic heterocycles. The molecule has 0 spiro atoms. The summed E-state index contributed by atoms with van der Waals surface area (Å²) in [4.78, 5) is 37.9. The first kappa shape index (κ1) is 57.4. The van der Waals surface area contributed by atoms with Gasteiger partial charge in [0, 0.05) is 19.3 Å². The minimum Gasteiger partial charge on any atom is -0.462 e. The van der Waals surface area contributed by atoms with Crippen LogP contribution in [-0.2, 0) is 28.6 Å². The van der Waals surface area contributed by atoms with E-state index >= 15 is 0 Å². The molecule has 0 N–H and O–H groups in total. The number of esters is 3. The third kappa shape index (κ3) is 45.8. The smallest absolute Gasteiger partial charge is 0.306 e. The van der Waals surface area contributed by atoms with Crippen molar-refractivity contribution in [2.24, 2.45) is 17.8 Å². The van der Waals surface area contributed by atoms with Gasteiger partial charge in [-0.05, 0) is 37.0 Å². The van der Waals surface area contributed by atoms with Gasteiger partial charge in [0.1, 0.15) is 13.2 Å². The molecule has 0 saturated carbocycles. The van der Waals surface area contributed by atoms with Gasteiger partial charge in [-0.1, -0.05) is 247 Å². The number of hydrogen-bond donors (Lipinski definition) is 0. The first-order valence-corrected chi connectivity index (χ1v) is 26.1. The van der Waals surface area contributed by atoms with Crippen LogP contribution in [0.4, 0.5) is 0 Å². The fraction of sp³-hybridized carbons (Fsp3) is 0.943. The number of unbranched alkanes of at least 4 members (excludes halogenated alkanes) is 28. The van der Waals surface area contributed by atoms with E-state index in [2.05, 4.69) is 41.5 Å². The molecule has 0 heterocycles. The molecule has 0 aliphatic carbocycles. The van der Waals surface area contributed by atoms with E-state index < -0.39 is 6.10 Å². The third-order valence-corrected chi connectivity index (χ3v) is 12.3. The maximum absolute atomic E-state index is 12.8. The highest BCUT2D eigenvalue weighted by Gasteiger charge is 2.19. The van der Waals surface area contributed by atoms with Crippen molar-refractivity contribution >= 4 is 17.9 Å². The van der Waals surface area contributed by atoms with Crippen LogP contribution in [0.15, 0.2) is 0 Å². The van der Waals surface area contributed by atoms with Crippen molar-refractivity contribution < 1.29 is 28.6 Å². The molecule has 0 rings (SSSR count). The zero-order valence-corrected chi connectivity index (χ0v) is 40.5. The Morgan fingerprint density at radius 1 is 0.339 bits per heavy atom. The van der Waals surface area contributed by atoms with Crippen molar-refractivity contribution in [2.75, 3.05) is 13.2 Å². The first-order chi connectivity index (χ1) is 28.6. The van der Waals surface area contributed by atoms with E-state index in [1.54, 1.807) is 0 Å². The molecular formula is C53H102O6. The van der Waals surface area contributed by atoms with Crippen LogP contribution in [0, 0.1) is 17.8 Å². The van der Waals surface area contributed by atoms with Gasteiger partial charge in [-0.25, -0.2) is 0 Å². The summed E-state index contributed by atoms with van der Waals surface area (Å²) in [6.07, 6.45) is 43.7. The van der Waals surface area contributed by atoms with Crippen LogP contribution in [0.2, 0.25) is 0 Å². The van der Waals surface area contributed by atoms with E-state index in [4.69, 9.17) is 14.2 Å². The van der Waals surface area contributed by atoms with E-state index in [0.29, 0.717) is 19.3 Å². The van der Waals surface area contributed by atoms with Gasteiger partial charge < -0.3 is 14.2 Å². The molecule has 0 aromatic carbocycles. The van der Waals surface area contributed by atoms with Crippen LogP contribution in [0.3, 0.4) is 0 Å². The SMILES string of the molecule is CCC(C)CCCCCCCCCCCCC(=O)OC[C@H](COC(=O)CCCCCCCCCCC(C)C)OC(=O)CCCCCCCCCCCCCCCC(C)C. The Kier molecular flexibility index (Phi) is 43.3. The van der Waals surface area contributed by atoms with Crippen LogP contribution in [0.1, 0.15) is 286 Å². The molecule has 2 atom stereocenters. The lowest BCUT2D eigenvalue weighted by Crippen LogP contribution is -2.30. The predicted octanol–water partition coefficient (Wildman–Crippen LogP) is 16.8. The predicted molar refractivity (Wildman–Crippen MR) is 252 cm³/mol. The topological polar surface area (TPSA) is 78.9 Å². The van der Waals surface area contributed by atoms with Crippen molar-refractivity contribution in [1.82, 2.24) is 0 Å². The zero-order chi connectivity index (χ0) is 43.4. The summed E-state index contributed by atoms with van der Waals surface area (Å²) in [5.41, 5.74) is 0. The monoisotopic (exact) mass is 835 g/mol. The summed E-state index contributed by atoms with van der Waals surface area (Å²) in [6, 6.07) is 0. The molecule has 0 amide bonds. The Labute approximate surface area is 368 Å². The Balaban J connectivity index is 4.32. The molecule has 1 unspecified atom stereocenters. The van der Waals surface area contributed by atoms with Gasteiger partial charge in [0.25, 0.3) is 0 Å². The van der Waals surface area contributed by atoms with E-state index in [0.717, 1.165) is 75.5 Å². The fourth-order valence-electron chi connectivity index (χ4n) is 7.91. The second-order valence-corrected chi connectivity index (χ2v) is 19.4. The molecule has 0 bridgehead atoms. The van der Waals surface area contributed by atoms with Crippen molar-refractivity contribution in [3.63, 3.8) is 0 Å². The molecule has 0 radical (unpaired) electrons. The van der Waals surface area contributed by atoms with Crippen molar-refractivity contribution in [3.8, 4) is 0 Å². The maximum atomic E-state index is 12.8. The van der Waals surface area contributed by atoms with Gasteiger partial charge in [-0.15, -0.1) is 0 Å². The Morgan fingerprint density at radius 2 is 0.593 bits per heavy atom. The van der Waals surface area contributed by atoms with Crippen LogP contribution in [-0.4, -0.2) is 37.2 Å². The summed E-state index contributed by atoms with van der Waals surface area (Å²) in [5, 5.41) is 0. The zero-order valence-electron chi connectivity index (χ0n) is 40.5. The lowest BCUT2D eigenvalue weighted by atomic mass is 9.99. The molecule has 0 aliphatic heterocycles. The Morgan fingerprint density at radius 3 is 0.881 bits per heavy atom. The van der Waals surface area contributed by atoms with Crippen LogP contribution < -0.4 is 0 Å². The summed E-state index contributed by atoms with van der Waals surface area (Å²) in [7, 11) is 0. The van der Waals surface area contributed by atoms with Crippen LogP contribution in [0.5, 0.6) is 0 Å². The number of carbonyl (C=O) groups is 3. The summed E-state index contributed by atoms with van der Waals surface area (Å²) >= 11 is 0. The third-order valence-electron chi connectivity index (χ3n) is 12.3. The summed E-state index contributed by atoms with van der Waals surface area (Å²) < 4.78 is 16.8. The Bertz CT molecular complexity index is 916. The largest absolute Gasteiger partial charge is 0.462 e. The summed E-state index contributed by atoms with van der Waals surface area (Å²) in [6.45, 7) is 13.7. The Hall–Kier alpha value is -1.59. The maximum Gasteiger partial charge on any atom is 0.306 e. The van der Waals surface area contributed by atoms with Gasteiger partial charge in [0.2, 0.25) is 0 Å². The van der Waals surface area contributed by atoms with Crippen molar-refractivity contribution in [2.45, 2.75) is 292 Å². The molecule has 0 aliphatic rings. The lowest BCUT2D eigenvalue weighted by Gasteiger charge is -2.18. The van der Waals surface area contributed by atoms with E-state index in [1.807, 2.05) is 0 Å². The van der Waals surface area contributed by atoms with Crippen molar-refractivity contribution in [1.29, 1.82) is 0 Å². The highest BCUT2D eigenvalue weighted by atomic mass is 16.6. The van der Waals surface area contributed by atoms with Crippen LogP contribution in [0.25, 0.3) is 0 Å². The number of carbonyl (C=O) groups excluding carboxylic acids is 3. The minimum absolute atomic E-state index is 0.0650. The van der Waals surface area contributed by atoms with Gasteiger partial charge in [-0.2, -0.15) is 0 Å². The molecule has 350 valence electrons. The number of rotatable bonds is 46. The molecule has 0 saturated heterocycles. The molecular weight excluding hydrogens is 733 g/mol. The van der Waals surface area contributed by atoms with Gasteiger partial charge >= 0.3 is 17.9 Å². The van der Waals surface area contributed by atoms with Gasteiger partial charge in [0.15, 0.2) is 6.10 Å². The normalized spacial score (nSPS) is 12.6. The molecule has 0 aromatic rings. The van der Waals surface area contributed by atoms with E-state index in [-0.39, 0.29) is 31.1 Å². The second kappa shape index (κ2) is 44.5. The number of ether oxygens (including phenoxy) is 3. The average molecular weight is 835 g/mol. The van der Waals surface area contributed by atoms with E-state index in [9.17, 15) is 14.4 Å². The van der Waals surface area contributed by atoms with Crippen molar-refractivity contribution in [3.05, 3.63) is 0 Å². The average Bonchev–Trinajstić information content (AvgIpc) is 3.20. The quantitative estimate of drug-likeness (QED) is 0.0345. The highest BCUT2D eigenvalue weighted by Crippen LogP contribution is 2.18. The molecule has 59 heavy (non-hydrogen) atoms. The highest BCUT2D eigenvalue weighted by molar-refractivity contribution is 5.71. The molecule has 6 heteroatoms. The lowest BCUT2D eigenvalue weighted by molar-refractivity contribution is -0.167. The van der Waals surface area contributed by atoms with Gasteiger partial charge in [0.05, 0.1) is 0 Å². The fourth-order valence-corrected chi connectivity index (χ4v) is 7.91.